The van der Waals surface area contributed by atoms with Crippen LogP contribution in [-0.4, -0.2) is 65.9 Å². The molecule has 12 heteroatoms. The highest BCUT2D eigenvalue weighted by atomic mass is 19.4. The number of nitrogens with one attached hydrogen (secondary N) is 3. The van der Waals surface area contributed by atoms with Crippen molar-refractivity contribution in [3.8, 4) is 6.07 Å². The number of hydrogen-bond donors (Lipinski definition) is 3. The molecule has 5 aliphatic rings. The molecule has 10 atom stereocenters. The third kappa shape index (κ3) is 4.51. The van der Waals surface area contributed by atoms with Gasteiger partial charge in [-0.25, -0.2) is 0 Å². The molecule has 0 radical (unpaired) electrons. The summed E-state index contributed by atoms with van der Waals surface area (Å²) in [5, 5.41) is 17.1. The summed E-state index contributed by atoms with van der Waals surface area (Å²) in [5.74, 6) is -2.38. The monoisotopic (exact) mass is 537 g/mol. The average molecular weight is 538 g/mol. The van der Waals surface area contributed by atoms with Gasteiger partial charge in [-0.3, -0.25) is 19.2 Å². The van der Waals surface area contributed by atoms with E-state index in [1.165, 1.54) is 4.90 Å². The number of halogens is 3. The maximum absolute atomic E-state index is 13.9. The molecule has 2 saturated heterocycles. The van der Waals surface area contributed by atoms with E-state index < -0.39 is 53.4 Å². The lowest BCUT2D eigenvalue weighted by Gasteiger charge is -2.37. The van der Waals surface area contributed by atoms with Crippen molar-refractivity contribution in [2.45, 2.75) is 70.8 Å². The third-order valence-corrected chi connectivity index (χ3v) is 9.53. The predicted octanol–water partition coefficient (Wildman–Crippen LogP) is 1.34. The van der Waals surface area contributed by atoms with Crippen molar-refractivity contribution in [2.24, 2.45) is 46.8 Å². The average Bonchev–Trinajstić information content (AvgIpc) is 3.11. The van der Waals surface area contributed by atoms with Crippen molar-refractivity contribution >= 4 is 23.6 Å². The van der Waals surface area contributed by atoms with Crippen molar-refractivity contribution in [2.75, 3.05) is 13.1 Å². The lowest BCUT2D eigenvalue weighted by atomic mass is 9.78. The van der Waals surface area contributed by atoms with E-state index in [0.717, 1.165) is 12.8 Å². The first-order valence-corrected chi connectivity index (χ1v) is 13.4. The Labute approximate surface area is 219 Å². The first-order chi connectivity index (χ1) is 17.7. The summed E-state index contributed by atoms with van der Waals surface area (Å²) >= 11 is 0. The van der Waals surface area contributed by atoms with E-state index in [1.54, 1.807) is 20.8 Å². The van der Waals surface area contributed by atoms with Gasteiger partial charge in [-0.2, -0.15) is 18.4 Å². The van der Waals surface area contributed by atoms with Gasteiger partial charge in [-0.05, 0) is 66.6 Å². The van der Waals surface area contributed by atoms with Crippen LogP contribution in [0.25, 0.3) is 0 Å². The van der Waals surface area contributed by atoms with E-state index in [0.29, 0.717) is 30.7 Å². The molecule has 38 heavy (non-hydrogen) atoms. The molecule has 5 fully saturated rings. The first-order valence-electron chi connectivity index (χ1n) is 13.4. The molecule has 5 rings (SSSR count). The highest BCUT2D eigenvalue weighted by Crippen LogP contribution is 2.71. The molecule has 0 unspecified atom stereocenters. The number of amides is 4. The molecule has 208 valence electrons. The number of hydrogen-bond acceptors (Lipinski definition) is 5. The standard InChI is InChI=1S/C26H34F3N5O4/c1-25(2,3)20(33-24(38)26(27,28)29)23(37)34-10-17-15-8-16(14-7-13(14)15)18(17)19(34)22(36)32-12(9-30)6-11-4-5-31-21(11)35/h11-20H,4-8,10H2,1-3H3,(H,31,35)(H,32,36)(H,33,38)/t11-,12-,13-,14+,15-,16+,17+,18-,19-,20+/m0/s1. The largest absolute Gasteiger partial charge is 0.471 e. The number of fused-ring (bicyclic) bond motifs is 8. The van der Waals surface area contributed by atoms with Crippen LogP contribution < -0.4 is 16.0 Å². The zero-order valence-electron chi connectivity index (χ0n) is 21.7. The number of alkyl halides is 3. The predicted molar refractivity (Wildman–Crippen MR) is 126 cm³/mol. The van der Waals surface area contributed by atoms with Crippen LogP contribution >= 0.6 is 0 Å². The van der Waals surface area contributed by atoms with Crippen LogP contribution in [0.15, 0.2) is 0 Å². The van der Waals surface area contributed by atoms with Crippen LogP contribution in [0.3, 0.4) is 0 Å². The molecular formula is C26H34F3N5O4. The molecule has 0 aromatic rings. The van der Waals surface area contributed by atoms with E-state index in [9.17, 15) is 37.6 Å². The maximum atomic E-state index is 13.9. The van der Waals surface area contributed by atoms with Crippen molar-refractivity contribution < 1.29 is 32.3 Å². The highest BCUT2D eigenvalue weighted by molar-refractivity contribution is 5.94. The maximum Gasteiger partial charge on any atom is 0.471 e. The fourth-order valence-electron chi connectivity index (χ4n) is 7.82. The number of nitrogens with zero attached hydrogens (tertiary/aromatic N) is 2. The smallest absolute Gasteiger partial charge is 0.356 e. The Morgan fingerprint density at radius 2 is 1.71 bits per heavy atom. The van der Waals surface area contributed by atoms with Gasteiger partial charge in [0.15, 0.2) is 0 Å². The molecule has 0 aromatic heterocycles. The molecule has 3 aliphatic carbocycles. The van der Waals surface area contributed by atoms with E-state index in [4.69, 9.17) is 0 Å². The Bertz CT molecular complexity index is 1080. The van der Waals surface area contributed by atoms with Crippen LogP contribution in [0.5, 0.6) is 0 Å². The number of likely N-dealkylation sites (tertiary alicyclic amines) is 1. The Kier molecular flexibility index (Phi) is 6.42. The SMILES string of the molecule is CC(C)(C)[C@H](NC(=O)C(F)(F)F)C(=O)N1C[C@@H]2[C@H]3C[C@H]([C@@H]4C[C@@H]43)[C@@H]2[C@H]1C(=O)N[C@H](C#N)C[C@@H]1CCNC1=O. The topological polar surface area (TPSA) is 131 Å². The molecule has 3 saturated carbocycles. The van der Waals surface area contributed by atoms with Gasteiger partial charge in [-0.1, -0.05) is 20.8 Å². The summed E-state index contributed by atoms with van der Waals surface area (Å²) in [4.78, 5) is 52.8. The van der Waals surface area contributed by atoms with Crippen LogP contribution in [0.4, 0.5) is 13.2 Å². The first kappa shape index (κ1) is 26.8. The van der Waals surface area contributed by atoms with Crippen molar-refractivity contribution in [3.05, 3.63) is 0 Å². The molecule has 0 spiro atoms. The summed E-state index contributed by atoms with van der Waals surface area (Å²) in [6, 6.07) is -1.32. The molecular weight excluding hydrogens is 503 g/mol. The minimum absolute atomic E-state index is 0.0588. The van der Waals surface area contributed by atoms with Gasteiger partial charge in [0.2, 0.25) is 17.7 Å². The molecule has 9 nitrogen and oxygen atoms in total. The van der Waals surface area contributed by atoms with Gasteiger partial charge in [0.1, 0.15) is 18.1 Å². The van der Waals surface area contributed by atoms with E-state index in [1.807, 2.05) is 5.32 Å². The molecule has 2 bridgehead atoms. The van der Waals surface area contributed by atoms with Gasteiger partial charge < -0.3 is 20.9 Å². The summed E-state index contributed by atoms with van der Waals surface area (Å²) in [6.45, 7) is 5.44. The fourth-order valence-corrected chi connectivity index (χ4v) is 7.82. The van der Waals surface area contributed by atoms with Crippen LogP contribution in [0.1, 0.15) is 46.5 Å². The van der Waals surface area contributed by atoms with Gasteiger partial charge in [0.05, 0.1) is 6.07 Å². The van der Waals surface area contributed by atoms with Crippen molar-refractivity contribution in [1.82, 2.24) is 20.9 Å². The van der Waals surface area contributed by atoms with Crippen LogP contribution in [-0.2, 0) is 19.2 Å². The van der Waals surface area contributed by atoms with E-state index in [2.05, 4.69) is 16.7 Å². The summed E-state index contributed by atoms with van der Waals surface area (Å²) in [6.07, 6.45) is -2.37. The normalized spacial score (nSPS) is 36.6. The van der Waals surface area contributed by atoms with E-state index in [-0.39, 0.29) is 36.6 Å². The lowest BCUT2D eigenvalue weighted by molar-refractivity contribution is -0.176. The Balaban J connectivity index is 1.40. The quantitative estimate of drug-likeness (QED) is 0.471. The molecule has 2 aliphatic heterocycles. The zero-order chi connectivity index (χ0) is 27.7. The molecule has 0 aromatic carbocycles. The second-order valence-corrected chi connectivity index (χ2v) is 12.8. The van der Waals surface area contributed by atoms with Gasteiger partial charge in [-0.15, -0.1) is 0 Å². The Morgan fingerprint density at radius 1 is 1.08 bits per heavy atom. The summed E-state index contributed by atoms with van der Waals surface area (Å²) < 4.78 is 39.3. The van der Waals surface area contributed by atoms with Crippen molar-refractivity contribution in [1.29, 1.82) is 5.26 Å². The summed E-state index contributed by atoms with van der Waals surface area (Å²) in [7, 11) is 0. The Morgan fingerprint density at radius 3 is 2.29 bits per heavy atom. The Hall–Kier alpha value is -2.84. The third-order valence-electron chi connectivity index (χ3n) is 9.53. The van der Waals surface area contributed by atoms with Crippen LogP contribution in [0.2, 0.25) is 0 Å². The highest BCUT2D eigenvalue weighted by Gasteiger charge is 2.70. The second kappa shape index (κ2) is 9.12. The minimum Gasteiger partial charge on any atom is -0.356 e. The minimum atomic E-state index is -5.16. The van der Waals surface area contributed by atoms with Crippen molar-refractivity contribution in [3.63, 3.8) is 0 Å². The van der Waals surface area contributed by atoms with E-state index >= 15 is 0 Å². The second-order valence-electron chi connectivity index (χ2n) is 12.8. The molecule has 3 N–H and O–H groups in total. The number of carbonyl (C=O) groups is 4. The zero-order valence-corrected chi connectivity index (χ0v) is 21.7. The van der Waals surface area contributed by atoms with Gasteiger partial charge in [0, 0.05) is 19.0 Å². The van der Waals surface area contributed by atoms with Gasteiger partial charge in [0.25, 0.3) is 0 Å². The number of nitriles is 1. The number of carbonyl (C=O) groups excluding carboxylic acids is 4. The van der Waals surface area contributed by atoms with Crippen LogP contribution in [0, 0.1) is 58.2 Å². The van der Waals surface area contributed by atoms with Gasteiger partial charge >= 0.3 is 12.1 Å². The number of rotatable bonds is 6. The summed E-state index contributed by atoms with van der Waals surface area (Å²) in [5.41, 5.74) is -1.05. The fraction of sp³-hybridized carbons (Fsp3) is 0.808. The lowest BCUT2D eigenvalue weighted by Crippen LogP contribution is -2.60. The molecule has 2 heterocycles. The molecule has 4 amide bonds.